The lowest BCUT2D eigenvalue weighted by Crippen LogP contribution is -2.29. The Morgan fingerprint density at radius 2 is 2.00 bits per heavy atom. The number of rotatable bonds is 3. The number of nitrogens with one attached hydrogen (secondary N) is 1. The minimum Gasteiger partial charge on any atom is -0.382 e. The molecule has 1 saturated heterocycles. The first kappa shape index (κ1) is 18.4. The number of hydrogen-bond acceptors (Lipinski definition) is 5. The molecule has 2 aromatic heterocycles. The molecule has 0 radical (unpaired) electrons. The smallest absolute Gasteiger partial charge is 0.268 e. The SMILES string of the molecule is Cn1cc2cc(-n3cnc4cc(NC5CCB(C#N)CC5)ccc4c3=O)ccc2n1. The maximum Gasteiger partial charge on any atom is 0.268 e. The van der Waals surface area contributed by atoms with E-state index in [0.29, 0.717) is 16.9 Å². The van der Waals surface area contributed by atoms with E-state index in [-0.39, 0.29) is 12.3 Å². The van der Waals surface area contributed by atoms with Crippen LogP contribution < -0.4 is 10.9 Å². The fourth-order valence-corrected chi connectivity index (χ4v) is 4.28. The number of aromatic nitrogens is 4. The lowest BCUT2D eigenvalue weighted by atomic mass is 9.42. The summed E-state index contributed by atoms with van der Waals surface area (Å²) in [5.41, 5.74) is 3.21. The van der Waals surface area contributed by atoms with Crippen LogP contribution in [-0.2, 0) is 7.05 Å². The molecule has 1 aliphatic heterocycles. The molecule has 1 fully saturated rings. The van der Waals surface area contributed by atoms with Crippen LogP contribution in [0.15, 0.2) is 53.7 Å². The van der Waals surface area contributed by atoms with Crippen molar-refractivity contribution in [3.63, 3.8) is 0 Å². The zero-order valence-electron chi connectivity index (χ0n) is 16.7. The second kappa shape index (κ2) is 7.34. The molecule has 0 spiro atoms. The third kappa shape index (κ3) is 3.33. The van der Waals surface area contributed by atoms with Crippen LogP contribution in [0.2, 0.25) is 12.6 Å². The van der Waals surface area contributed by atoms with Gasteiger partial charge in [0.1, 0.15) is 6.33 Å². The second-order valence-corrected chi connectivity index (χ2v) is 8.02. The van der Waals surface area contributed by atoms with Crippen molar-refractivity contribution in [3.8, 4) is 11.7 Å². The quantitative estimate of drug-likeness (QED) is 0.536. The molecule has 3 heterocycles. The molecule has 0 unspecified atom stereocenters. The first-order chi connectivity index (χ1) is 14.6. The number of hydrogen-bond donors (Lipinski definition) is 1. The molecule has 8 heteroatoms. The summed E-state index contributed by atoms with van der Waals surface area (Å²) in [4.78, 5) is 17.6. The normalized spacial score (nSPS) is 14.9. The van der Waals surface area contributed by atoms with Crippen molar-refractivity contribution in [1.29, 1.82) is 5.26 Å². The summed E-state index contributed by atoms with van der Waals surface area (Å²) in [5.74, 6) is 2.37. The molecular weight excluding hydrogens is 375 g/mol. The van der Waals surface area contributed by atoms with Crippen LogP contribution in [0.1, 0.15) is 12.8 Å². The molecule has 7 nitrogen and oxygen atoms in total. The van der Waals surface area contributed by atoms with Crippen molar-refractivity contribution >= 4 is 34.2 Å². The van der Waals surface area contributed by atoms with Crippen LogP contribution in [-0.4, -0.2) is 32.1 Å². The highest BCUT2D eigenvalue weighted by atomic mass is 16.1. The van der Waals surface area contributed by atoms with E-state index in [1.807, 2.05) is 49.6 Å². The van der Waals surface area contributed by atoms with Crippen LogP contribution in [0.3, 0.4) is 0 Å². The molecule has 4 aromatic rings. The Bertz CT molecular complexity index is 1340. The summed E-state index contributed by atoms with van der Waals surface area (Å²) in [6.45, 7) is 0.186. The van der Waals surface area contributed by atoms with Crippen LogP contribution >= 0.6 is 0 Å². The molecule has 0 saturated carbocycles. The lowest BCUT2D eigenvalue weighted by molar-refractivity contribution is 0.640. The van der Waals surface area contributed by atoms with Crippen molar-refractivity contribution in [2.24, 2.45) is 7.05 Å². The molecule has 1 aliphatic rings. The van der Waals surface area contributed by atoms with Crippen LogP contribution in [0.4, 0.5) is 5.69 Å². The monoisotopic (exact) mass is 396 g/mol. The fraction of sp³-hybridized carbons (Fsp3) is 0.273. The molecule has 0 bridgehead atoms. The van der Waals surface area contributed by atoms with E-state index in [0.717, 1.165) is 47.8 Å². The van der Waals surface area contributed by atoms with Crippen LogP contribution in [0.25, 0.3) is 27.5 Å². The summed E-state index contributed by atoms with van der Waals surface area (Å²) in [6, 6.07) is 11.8. The molecule has 148 valence electrons. The molecule has 30 heavy (non-hydrogen) atoms. The average molecular weight is 396 g/mol. The predicted octanol–water partition coefficient (Wildman–Crippen LogP) is 3.40. The Labute approximate surface area is 174 Å². The Balaban J connectivity index is 1.44. The van der Waals surface area contributed by atoms with Gasteiger partial charge in [0.25, 0.3) is 12.3 Å². The minimum absolute atomic E-state index is 0.0932. The van der Waals surface area contributed by atoms with Gasteiger partial charge in [0.15, 0.2) is 0 Å². The van der Waals surface area contributed by atoms with Gasteiger partial charge in [0, 0.05) is 36.3 Å². The lowest BCUT2D eigenvalue weighted by Gasteiger charge is -2.25. The average Bonchev–Trinajstić information content (AvgIpc) is 3.14. The largest absolute Gasteiger partial charge is 0.382 e. The maximum atomic E-state index is 13.1. The molecule has 1 N–H and O–H groups in total. The van der Waals surface area contributed by atoms with E-state index in [2.05, 4.69) is 21.4 Å². The van der Waals surface area contributed by atoms with Crippen molar-refractivity contribution in [1.82, 2.24) is 19.3 Å². The highest BCUT2D eigenvalue weighted by molar-refractivity contribution is 6.67. The summed E-state index contributed by atoms with van der Waals surface area (Å²) >= 11 is 0. The Morgan fingerprint density at radius 3 is 2.80 bits per heavy atom. The molecular formula is C22H21BN6O. The van der Waals surface area contributed by atoms with Gasteiger partial charge in [-0.15, -0.1) is 0 Å². The van der Waals surface area contributed by atoms with Crippen molar-refractivity contribution in [2.75, 3.05) is 5.32 Å². The first-order valence-electron chi connectivity index (χ1n) is 10.2. The van der Waals surface area contributed by atoms with Gasteiger partial charge in [-0.1, -0.05) is 12.6 Å². The van der Waals surface area contributed by atoms with Crippen LogP contribution in [0.5, 0.6) is 0 Å². The first-order valence-corrected chi connectivity index (χ1v) is 10.2. The summed E-state index contributed by atoms with van der Waals surface area (Å²) in [7, 11) is 1.88. The van der Waals surface area contributed by atoms with E-state index >= 15 is 0 Å². The standard InChI is InChI=1S/C22H21BN6O/c1-28-12-15-10-18(3-5-20(15)27-28)29-14-25-21-11-17(2-4-19(21)22(29)30)26-16-6-8-23(13-24)9-7-16/h2-5,10-12,14,16,26H,6-9H2,1H3. The highest BCUT2D eigenvalue weighted by Crippen LogP contribution is 2.24. The third-order valence-corrected chi connectivity index (χ3v) is 5.92. The van der Waals surface area contributed by atoms with Gasteiger partial charge in [-0.3, -0.25) is 14.0 Å². The van der Waals surface area contributed by atoms with E-state index < -0.39 is 0 Å². The Morgan fingerprint density at radius 1 is 1.17 bits per heavy atom. The zero-order chi connectivity index (χ0) is 20.7. The summed E-state index contributed by atoms with van der Waals surface area (Å²) in [5, 5.41) is 18.5. The molecule has 5 rings (SSSR count). The molecule has 0 amide bonds. The minimum atomic E-state index is -0.0932. The van der Waals surface area contributed by atoms with Gasteiger partial charge in [0.2, 0.25) is 0 Å². The number of anilines is 1. The summed E-state index contributed by atoms with van der Waals surface area (Å²) < 4.78 is 3.34. The number of benzene rings is 2. The fourth-order valence-electron chi connectivity index (χ4n) is 4.28. The Kier molecular flexibility index (Phi) is 4.51. The zero-order valence-corrected chi connectivity index (χ0v) is 16.7. The van der Waals surface area contributed by atoms with Gasteiger partial charge >= 0.3 is 0 Å². The van der Waals surface area contributed by atoms with Crippen molar-refractivity contribution < 1.29 is 0 Å². The molecule has 0 aliphatic carbocycles. The van der Waals surface area contributed by atoms with E-state index in [1.54, 1.807) is 15.6 Å². The maximum absolute atomic E-state index is 13.1. The van der Waals surface area contributed by atoms with E-state index in [9.17, 15) is 4.79 Å². The molecule has 0 atom stereocenters. The Hall–Kier alpha value is -3.60. The highest BCUT2D eigenvalue weighted by Gasteiger charge is 2.24. The van der Waals surface area contributed by atoms with Gasteiger partial charge in [0.05, 0.1) is 22.1 Å². The van der Waals surface area contributed by atoms with Gasteiger partial charge in [-0.2, -0.15) is 5.10 Å². The van der Waals surface area contributed by atoms with Gasteiger partial charge in [-0.05, 0) is 49.2 Å². The predicted molar refractivity (Wildman–Crippen MR) is 119 cm³/mol. The number of nitriles is 1. The van der Waals surface area contributed by atoms with Crippen molar-refractivity contribution in [2.45, 2.75) is 31.5 Å². The third-order valence-electron chi connectivity index (χ3n) is 5.92. The van der Waals surface area contributed by atoms with Gasteiger partial charge < -0.3 is 5.32 Å². The van der Waals surface area contributed by atoms with Crippen LogP contribution in [0, 0.1) is 11.2 Å². The number of nitrogens with zero attached hydrogens (tertiary/aromatic N) is 5. The van der Waals surface area contributed by atoms with Gasteiger partial charge in [-0.25, -0.2) is 10.2 Å². The van der Waals surface area contributed by atoms with E-state index in [1.165, 1.54) is 0 Å². The number of fused-ring (bicyclic) bond motifs is 2. The topological polar surface area (TPSA) is 88.5 Å². The van der Waals surface area contributed by atoms with Crippen molar-refractivity contribution in [3.05, 3.63) is 59.3 Å². The summed E-state index contributed by atoms with van der Waals surface area (Å²) in [6.07, 6.45) is 7.37. The number of aryl methyl sites for hydroxylation is 1. The molecule has 2 aromatic carbocycles. The second-order valence-electron chi connectivity index (χ2n) is 8.02. The van der Waals surface area contributed by atoms with E-state index in [4.69, 9.17) is 5.26 Å².